The van der Waals surface area contributed by atoms with Crippen LogP contribution in [-0.2, 0) is 22.6 Å². The lowest BCUT2D eigenvalue weighted by molar-refractivity contribution is -0.0992. The Kier molecular flexibility index (Phi) is 6.83. The van der Waals surface area contributed by atoms with Crippen molar-refractivity contribution >= 4 is 12.2 Å². The van der Waals surface area contributed by atoms with Gasteiger partial charge >= 0.3 is 5.69 Å². The highest BCUT2D eigenvalue weighted by atomic mass is 16.7. The highest BCUT2D eigenvalue weighted by Crippen LogP contribution is 2.19. The van der Waals surface area contributed by atoms with E-state index in [9.17, 15) is 4.79 Å². The summed E-state index contributed by atoms with van der Waals surface area (Å²) in [5, 5.41) is 9.10. The zero-order valence-corrected chi connectivity index (χ0v) is 16.9. The Morgan fingerprint density at radius 3 is 2.26 bits per heavy atom. The maximum atomic E-state index is 12.4. The van der Waals surface area contributed by atoms with Gasteiger partial charge in [-0.25, -0.2) is 9.79 Å². The maximum Gasteiger partial charge on any atom is 0.351 e. The van der Waals surface area contributed by atoms with Gasteiger partial charge in [0.25, 0.3) is 0 Å². The fourth-order valence-electron chi connectivity index (χ4n) is 3.29. The van der Waals surface area contributed by atoms with Crippen LogP contribution in [0.5, 0.6) is 0 Å². The predicted molar refractivity (Wildman–Crippen MR) is 116 cm³/mol. The second-order valence-electron chi connectivity index (χ2n) is 7.13. The molecule has 0 spiro atoms. The van der Waals surface area contributed by atoms with Crippen LogP contribution in [0.1, 0.15) is 17.4 Å². The molecule has 160 valence electrons. The molecule has 0 bridgehead atoms. The molecule has 8 heteroatoms. The molecule has 1 N–H and O–H groups in total. The number of rotatable bonds is 8. The third kappa shape index (κ3) is 5.64. The van der Waals surface area contributed by atoms with Gasteiger partial charge in [-0.1, -0.05) is 60.7 Å². The molecule has 8 nitrogen and oxygen atoms in total. The van der Waals surface area contributed by atoms with E-state index in [1.54, 1.807) is 18.6 Å². The van der Waals surface area contributed by atoms with Crippen LogP contribution in [0.25, 0.3) is 0 Å². The van der Waals surface area contributed by atoms with Crippen molar-refractivity contribution in [3.05, 3.63) is 94.5 Å². The fraction of sp³-hybridized carbons (Fsp3) is 0.261. The predicted octanol–water partition coefficient (Wildman–Crippen LogP) is 2.47. The van der Waals surface area contributed by atoms with Crippen molar-refractivity contribution in [2.24, 2.45) is 4.99 Å². The zero-order chi connectivity index (χ0) is 21.5. The first kappa shape index (κ1) is 20.9. The molecule has 1 fully saturated rings. The summed E-state index contributed by atoms with van der Waals surface area (Å²) < 4.78 is 12.0. The Morgan fingerprint density at radius 2 is 1.71 bits per heavy atom. The number of aliphatic imine (C=N–C) groups is 1. The second-order valence-corrected chi connectivity index (χ2v) is 7.13. The molecular formula is C23H24N4O4. The van der Waals surface area contributed by atoms with Crippen molar-refractivity contribution in [2.75, 3.05) is 13.2 Å². The van der Waals surface area contributed by atoms with Crippen molar-refractivity contribution in [1.82, 2.24) is 14.5 Å². The van der Waals surface area contributed by atoms with Gasteiger partial charge in [0.15, 0.2) is 18.3 Å². The number of nitrogens with zero attached hydrogens (tertiary/aromatic N) is 4. The van der Waals surface area contributed by atoms with E-state index in [0.717, 1.165) is 11.1 Å². The first-order chi connectivity index (χ1) is 15.2. The largest absolute Gasteiger partial charge is 0.391 e. The molecular weight excluding hydrogens is 396 g/mol. The van der Waals surface area contributed by atoms with Crippen LogP contribution < -0.4 is 5.69 Å². The maximum absolute atomic E-state index is 12.4. The van der Waals surface area contributed by atoms with Gasteiger partial charge in [0.05, 0.1) is 19.6 Å². The van der Waals surface area contributed by atoms with E-state index in [4.69, 9.17) is 14.6 Å². The van der Waals surface area contributed by atoms with Crippen molar-refractivity contribution in [1.29, 1.82) is 0 Å². The second kappa shape index (κ2) is 10.1. The molecule has 1 saturated heterocycles. The fourth-order valence-corrected chi connectivity index (χ4v) is 3.29. The third-order valence-electron chi connectivity index (χ3n) is 4.82. The summed E-state index contributed by atoms with van der Waals surface area (Å²) in [5.41, 5.74) is 1.83. The zero-order valence-electron chi connectivity index (χ0n) is 16.9. The Bertz CT molecular complexity index is 1010. The van der Waals surface area contributed by atoms with Gasteiger partial charge < -0.3 is 19.5 Å². The highest BCUT2D eigenvalue weighted by Gasteiger charge is 2.27. The van der Waals surface area contributed by atoms with Gasteiger partial charge in [-0.3, -0.25) is 4.57 Å². The SMILES string of the molecule is O=c1nc(N=CN(Cc2ccccc2)Cc2ccccc2)ccn1[C@H]1CO[C@@H](CO)O1. The van der Waals surface area contributed by atoms with E-state index in [1.165, 1.54) is 4.57 Å². The Balaban J connectivity index is 1.50. The van der Waals surface area contributed by atoms with Crippen LogP contribution >= 0.6 is 0 Å². The van der Waals surface area contributed by atoms with Gasteiger partial charge in [-0.05, 0) is 17.2 Å². The first-order valence-electron chi connectivity index (χ1n) is 10.0. The molecule has 0 aliphatic carbocycles. The standard InChI is InChI=1S/C23H24N4O4/c28-15-22-30-16-21(31-22)27-12-11-20(25-23(27)29)24-17-26(13-18-7-3-1-4-8-18)14-19-9-5-2-6-10-19/h1-12,17,21-22,28H,13-16H2/t21-,22-/m1/s1. The van der Waals surface area contributed by atoms with Crippen molar-refractivity contribution in [3.8, 4) is 0 Å². The lowest BCUT2D eigenvalue weighted by Crippen LogP contribution is -2.28. The van der Waals surface area contributed by atoms with E-state index in [1.807, 2.05) is 36.4 Å². The molecule has 0 amide bonds. The number of hydrogen-bond acceptors (Lipinski definition) is 6. The number of aromatic nitrogens is 2. The summed E-state index contributed by atoms with van der Waals surface area (Å²) in [7, 11) is 0. The van der Waals surface area contributed by atoms with Crippen molar-refractivity contribution < 1.29 is 14.6 Å². The molecule has 1 aliphatic rings. The molecule has 0 unspecified atom stereocenters. The van der Waals surface area contributed by atoms with Gasteiger partial charge in [0.1, 0.15) is 0 Å². The van der Waals surface area contributed by atoms with E-state index >= 15 is 0 Å². The van der Waals surface area contributed by atoms with E-state index < -0.39 is 18.2 Å². The minimum Gasteiger partial charge on any atom is -0.391 e. The number of ether oxygens (including phenoxy) is 2. The van der Waals surface area contributed by atoms with Gasteiger partial charge in [0, 0.05) is 19.3 Å². The molecule has 4 rings (SSSR count). The Hall–Kier alpha value is -3.33. The van der Waals surface area contributed by atoms with Gasteiger partial charge in [0.2, 0.25) is 0 Å². The lowest BCUT2D eigenvalue weighted by atomic mass is 10.2. The number of aliphatic hydroxyl groups excluding tert-OH is 1. The summed E-state index contributed by atoms with van der Waals surface area (Å²) in [6, 6.07) is 21.9. The number of aliphatic hydroxyl groups is 1. The summed E-state index contributed by atoms with van der Waals surface area (Å²) in [6.07, 6.45) is 1.96. The van der Waals surface area contributed by atoms with E-state index in [-0.39, 0.29) is 13.2 Å². The summed E-state index contributed by atoms with van der Waals surface area (Å²) in [5.74, 6) is 0.310. The summed E-state index contributed by atoms with van der Waals surface area (Å²) in [6.45, 7) is 1.26. The Labute approximate surface area is 180 Å². The van der Waals surface area contributed by atoms with Crippen LogP contribution in [-0.4, -0.2) is 45.4 Å². The van der Waals surface area contributed by atoms with Gasteiger partial charge in [-0.15, -0.1) is 0 Å². The lowest BCUT2D eigenvalue weighted by Gasteiger charge is -2.20. The summed E-state index contributed by atoms with van der Waals surface area (Å²) in [4.78, 5) is 22.9. The van der Waals surface area contributed by atoms with Crippen molar-refractivity contribution in [3.63, 3.8) is 0 Å². The number of benzene rings is 2. The topological polar surface area (TPSA) is 89.2 Å². The quantitative estimate of drug-likeness (QED) is 0.445. The third-order valence-corrected chi connectivity index (χ3v) is 4.82. The molecule has 2 atom stereocenters. The van der Waals surface area contributed by atoms with Crippen LogP contribution in [0, 0.1) is 0 Å². The molecule has 2 heterocycles. The molecule has 3 aromatic rings. The molecule has 1 aliphatic heterocycles. The van der Waals surface area contributed by atoms with Crippen molar-refractivity contribution in [2.45, 2.75) is 25.6 Å². The number of hydrogen-bond donors (Lipinski definition) is 1. The summed E-state index contributed by atoms with van der Waals surface area (Å²) >= 11 is 0. The Morgan fingerprint density at radius 1 is 1.06 bits per heavy atom. The monoisotopic (exact) mass is 420 g/mol. The normalized spacial score (nSPS) is 18.5. The molecule has 0 saturated carbocycles. The van der Waals surface area contributed by atoms with E-state index in [0.29, 0.717) is 18.9 Å². The van der Waals surface area contributed by atoms with E-state index in [2.05, 4.69) is 39.1 Å². The van der Waals surface area contributed by atoms with Crippen LogP contribution in [0.2, 0.25) is 0 Å². The van der Waals surface area contributed by atoms with Gasteiger partial charge in [-0.2, -0.15) is 4.98 Å². The molecule has 1 aromatic heterocycles. The smallest absolute Gasteiger partial charge is 0.351 e. The minimum absolute atomic E-state index is 0.178. The minimum atomic E-state index is -0.723. The van der Waals surface area contributed by atoms with Crippen LogP contribution in [0.3, 0.4) is 0 Å². The molecule has 31 heavy (non-hydrogen) atoms. The van der Waals surface area contributed by atoms with Crippen LogP contribution in [0.4, 0.5) is 5.82 Å². The average molecular weight is 420 g/mol. The molecule has 2 aromatic carbocycles. The van der Waals surface area contributed by atoms with Crippen LogP contribution in [0.15, 0.2) is 82.7 Å². The first-order valence-corrected chi connectivity index (χ1v) is 10.0. The highest BCUT2D eigenvalue weighted by molar-refractivity contribution is 5.59. The average Bonchev–Trinajstić information content (AvgIpc) is 3.28. The molecule has 0 radical (unpaired) electrons.